The second kappa shape index (κ2) is 27.2. The Morgan fingerprint density at radius 1 is 0.733 bits per heavy atom. The minimum absolute atomic E-state index is 0.0153. The topological polar surface area (TPSA) is 314 Å². The summed E-state index contributed by atoms with van der Waals surface area (Å²) in [6, 6.07) is -7.91. The Morgan fingerprint density at radius 3 is 1.83 bits per heavy atom. The number of nitrogens with zero attached hydrogens (tertiary/aromatic N) is 3. The highest BCUT2D eigenvalue weighted by molar-refractivity contribution is 7.98. The van der Waals surface area contributed by atoms with Crippen molar-refractivity contribution in [1.82, 2.24) is 36.4 Å². The van der Waals surface area contributed by atoms with Crippen LogP contribution in [0.3, 0.4) is 0 Å². The molecular formula is C39H71N11O9S. The monoisotopic (exact) mass is 870 g/mol. The molecule has 0 spiro atoms. The first-order valence-electron chi connectivity index (χ1n) is 20.6. The van der Waals surface area contributed by atoms with Crippen molar-refractivity contribution in [2.45, 2.75) is 141 Å². The molecule has 342 valence electrons. The molecule has 60 heavy (non-hydrogen) atoms. The molecule has 21 heteroatoms. The zero-order valence-electron chi connectivity index (χ0n) is 36.6. The zero-order chi connectivity index (χ0) is 45.7. The fraction of sp³-hybridized carbons (Fsp3) is 0.769. The fourth-order valence-electron chi connectivity index (χ4n) is 6.85. The number of rotatable bonds is 26. The summed E-state index contributed by atoms with van der Waals surface area (Å²) >= 11 is 1.42. The number of aliphatic imine (C=N–C) groups is 1. The number of carbonyl (C=O) groups excluding carboxylic acids is 8. The van der Waals surface area contributed by atoms with Gasteiger partial charge in [0.1, 0.15) is 42.3 Å². The van der Waals surface area contributed by atoms with Crippen LogP contribution < -0.4 is 43.8 Å². The molecule has 1 fully saturated rings. The molecule has 7 atom stereocenters. The number of nitrogens with two attached hydrogens (primary N) is 3. The highest BCUT2D eigenvalue weighted by Crippen LogP contribution is 2.27. The molecule has 0 aromatic heterocycles. The number of amides is 8. The van der Waals surface area contributed by atoms with Crippen molar-refractivity contribution >= 4 is 65.0 Å². The van der Waals surface area contributed by atoms with Gasteiger partial charge in [-0.3, -0.25) is 43.3 Å². The summed E-state index contributed by atoms with van der Waals surface area (Å²) in [5.74, 6) is -4.69. The van der Waals surface area contributed by atoms with E-state index in [1.807, 2.05) is 20.1 Å². The van der Waals surface area contributed by atoms with E-state index in [1.54, 1.807) is 0 Å². The van der Waals surface area contributed by atoms with E-state index in [1.165, 1.54) is 46.6 Å². The highest BCUT2D eigenvalue weighted by Gasteiger charge is 2.36. The lowest BCUT2D eigenvalue weighted by Gasteiger charge is -2.32. The van der Waals surface area contributed by atoms with Crippen LogP contribution in [0.4, 0.5) is 0 Å². The van der Waals surface area contributed by atoms with Gasteiger partial charge in [-0.2, -0.15) is 11.8 Å². The van der Waals surface area contributed by atoms with Gasteiger partial charge < -0.3 is 58.7 Å². The molecule has 1 rings (SSSR count). The van der Waals surface area contributed by atoms with Crippen molar-refractivity contribution in [2.24, 2.45) is 34.0 Å². The van der Waals surface area contributed by atoms with Crippen molar-refractivity contribution in [3.8, 4) is 0 Å². The van der Waals surface area contributed by atoms with E-state index < -0.39 is 90.3 Å². The maximum Gasteiger partial charge on any atom is 0.247 e. The van der Waals surface area contributed by atoms with Gasteiger partial charge in [-0.25, -0.2) is 0 Å². The van der Waals surface area contributed by atoms with Crippen molar-refractivity contribution < 1.29 is 43.5 Å². The minimum Gasteiger partial charge on any atom is -0.394 e. The van der Waals surface area contributed by atoms with E-state index in [0.29, 0.717) is 18.6 Å². The molecule has 0 aromatic carbocycles. The second-order valence-corrected chi connectivity index (χ2v) is 16.9. The molecular weight excluding hydrogens is 799 g/mol. The molecule has 1 aliphatic carbocycles. The molecule has 0 saturated heterocycles. The quantitative estimate of drug-likeness (QED) is 0.0271. The number of hydrogen-bond donors (Lipinski definition) is 9. The summed E-state index contributed by atoms with van der Waals surface area (Å²) in [6.45, 7) is 7.21. The van der Waals surface area contributed by atoms with E-state index in [9.17, 15) is 43.5 Å². The SMILES string of the molecule is CSCC[C@H](NC(=O)[C@H](C)NC(=O)[C@H](CCCN=C(N)N)NC(=O)[C@H](CC1CCCCC1)NC(C)=O)C(=O)N(C)[C@@H](C)C(=O)N[C@@H](CO)C(=O)N(C)[C@@H](CC(C)C)C(N)=O. The Morgan fingerprint density at radius 2 is 1.30 bits per heavy atom. The zero-order valence-corrected chi connectivity index (χ0v) is 37.4. The van der Waals surface area contributed by atoms with E-state index in [2.05, 4.69) is 31.6 Å². The summed E-state index contributed by atoms with van der Waals surface area (Å²) in [6.07, 6.45) is 8.10. The number of nitrogens with one attached hydrogen (secondary N) is 5. The van der Waals surface area contributed by atoms with Gasteiger partial charge >= 0.3 is 0 Å². The van der Waals surface area contributed by atoms with Gasteiger partial charge in [0.05, 0.1) is 6.61 Å². The lowest BCUT2D eigenvalue weighted by atomic mass is 9.84. The molecule has 1 aliphatic rings. The minimum atomic E-state index is -1.44. The van der Waals surface area contributed by atoms with Gasteiger partial charge in [0.15, 0.2) is 5.96 Å². The lowest BCUT2D eigenvalue weighted by molar-refractivity contribution is -0.145. The van der Waals surface area contributed by atoms with Crippen LogP contribution >= 0.6 is 11.8 Å². The molecule has 0 aromatic rings. The first-order chi connectivity index (χ1) is 28.1. The van der Waals surface area contributed by atoms with Crippen LogP contribution in [0.15, 0.2) is 4.99 Å². The van der Waals surface area contributed by atoms with Gasteiger partial charge in [0, 0.05) is 27.6 Å². The van der Waals surface area contributed by atoms with Crippen molar-refractivity contribution in [2.75, 3.05) is 39.3 Å². The van der Waals surface area contributed by atoms with Gasteiger partial charge in [-0.1, -0.05) is 46.0 Å². The predicted octanol–water partition coefficient (Wildman–Crippen LogP) is -1.58. The van der Waals surface area contributed by atoms with Crippen LogP contribution in [0.25, 0.3) is 0 Å². The molecule has 12 N–H and O–H groups in total. The first kappa shape index (κ1) is 53.4. The van der Waals surface area contributed by atoms with E-state index >= 15 is 0 Å². The first-order valence-corrected chi connectivity index (χ1v) is 22.0. The molecule has 0 radical (unpaired) electrons. The number of likely N-dealkylation sites (N-methyl/N-ethyl adjacent to an activating group) is 2. The third-order valence-corrected chi connectivity index (χ3v) is 11.1. The molecule has 0 heterocycles. The van der Waals surface area contributed by atoms with Crippen LogP contribution in [0, 0.1) is 11.8 Å². The Hall–Kier alpha value is -4.66. The number of carbonyl (C=O) groups is 8. The van der Waals surface area contributed by atoms with E-state index in [0.717, 1.165) is 41.9 Å². The predicted molar refractivity (Wildman–Crippen MR) is 230 cm³/mol. The van der Waals surface area contributed by atoms with Crippen LogP contribution in [-0.2, 0) is 38.4 Å². The number of guanidine groups is 1. The van der Waals surface area contributed by atoms with Gasteiger partial charge in [-0.15, -0.1) is 0 Å². The van der Waals surface area contributed by atoms with Gasteiger partial charge in [0.2, 0.25) is 47.3 Å². The average molecular weight is 870 g/mol. The molecule has 8 amide bonds. The van der Waals surface area contributed by atoms with Gasteiger partial charge in [-0.05, 0) is 69.8 Å². The Labute approximate surface area is 358 Å². The summed E-state index contributed by atoms with van der Waals surface area (Å²) in [4.78, 5) is 111. The average Bonchev–Trinajstić information content (AvgIpc) is 3.19. The normalized spacial score (nSPS) is 16.4. The smallest absolute Gasteiger partial charge is 0.247 e. The number of aliphatic hydroxyl groups is 1. The maximum atomic E-state index is 13.8. The van der Waals surface area contributed by atoms with Gasteiger partial charge in [0.25, 0.3) is 0 Å². The maximum absolute atomic E-state index is 13.8. The third-order valence-electron chi connectivity index (χ3n) is 10.5. The standard InChI is InChI=1S/C39H71N11O9S/c1-22(2)19-31(32(40)53)50(7)38(59)30(21-51)48-34(55)24(4)49(6)37(58)28(16-18-60-8)47-33(54)23(3)44-35(56)27(15-12-17-43-39(41)42)46-36(57)29(45-25(5)52)20-26-13-10-9-11-14-26/h22-24,26-31,51H,9-21H2,1-8H3,(H2,40,53)(H,44,56)(H,45,52)(H,46,57)(H,47,54)(H,48,55)(H4,41,42,43)/t23-,24-,27-,28-,29-,30-,31-/m0/s1. The van der Waals surface area contributed by atoms with Crippen LogP contribution in [-0.4, -0.2) is 150 Å². The van der Waals surface area contributed by atoms with Crippen molar-refractivity contribution in [1.29, 1.82) is 0 Å². The fourth-order valence-corrected chi connectivity index (χ4v) is 7.32. The van der Waals surface area contributed by atoms with Crippen LogP contribution in [0.1, 0.15) is 98.8 Å². The summed E-state index contributed by atoms with van der Waals surface area (Å²) in [7, 11) is 2.70. The molecule has 20 nitrogen and oxygen atoms in total. The van der Waals surface area contributed by atoms with Crippen molar-refractivity contribution in [3.63, 3.8) is 0 Å². The molecule has 0 bridgehead atoms. The number of hydrogen-bond acceptors (Lipinski definition) is 11. The summed E-state index contributed by atoms with van der Waals surface area (Å²) < 4.78 is 0. The number of thioether (sulfide) groups is 1. The lowest BCUT2D eigenvalue weighted by Crippen LogP contribution is -2.60. The van der Waals surface area contributed by atoms with Crippen LogP contribution in [0.5, 0.6) is 0 Å². The molecule has 0 unspecified atom stereocenters. The Kier molecular flexibility index (Phi) is 24.2. The Balaban J connectivity index is 3.13. The van der Waals surface area contributed by atoms with E-state index in [-0.39, 0.29) is 49.5 Å². The summed E-state index contributed by atoms with van der Waals surface area (Å²) in [5, 5.41) is 23.2. The molecule has 1 saturated carbocycles. The number of aliphatic hydroxyl groups excluding tert-OH is 1. The third kappa shape index (κ3) is 18.7. The largest absolute Gasteiger partial charge is 0.394 e. The highest BCUT2D eigenvalue weighted by atomic mass is 32.2. The summed E-state index contributed by atoms with van der Waals surface area (Å²) in [5.41, 5.74) is 16.4. The van der Waals surface area contributed by atoms with Crippen LogP contribution in [0.2, 0.25) is 0 Å². The molecule has 0 aliphatic heterocycles. The second-order valence-electron chi connectivity index (χ2n) is 15.9. The number of primary amides is 1. The van der Waals surface area contributed by atoms with Crippen molar-refractivity contribution in [3.05, 3.63) is 0 Å². The van der Waals surface area contributed by atoms with E-state index in [4.69, 9.17) is 17.2 Å². The Bertz CT molecular complexity index is 1490.